The van der Waals surface area contributed by atoms with Crippen molar-refractivity contribution in [2.24, 2.45) is 0 Å². The first-order valence-corrected chi connectivity index (χ1v) is 11.8. The molecule has 5 aromatic rings. The first-order valence-electron chi connectivity index (χ1n) is 12.6. The molecular weight excluding hydrogens is 444 g/mol. The second kappa shape index (κ2) is 6.55. The average Bonchev–Trinajstić information content (AvgIpc) is 3.56. The molecule has 2 aliphatic rings. The zero-order valence-electron chi connectivity index (χ0n) is 21.3. The summed E-state index contributed by atoms with van der Waals surface area (Å²) in [7, 11) is 0. The molecule has 2 aromatic heterocycles. The molecule has 0 saturated carbocycles. The van der Waals surface area contributed by atoms with Crippen molar-refractivity contribution in [2.75, 3.05) is 4.90 Å². The summed E-state index contributed by atoms with van der Waals surface area (Å²) in [6.07, 6.45) is 4.23. The van der Waals surface area contributed by atoms with Gasteiger partial charge in [0.15, 0.2) is 0 Å². The fraction of sp³-hybridized carbons (Fsp3) is 0. The third kappa shape index (κ3) is 2.48. The standard InChI is InChI=1S/C26H18BN3Se/c1-3-9-19(10-4-1)20-17-22-26-23(18-20)31-25-14-8-16-29(25)27(26)28-15-7-13-24(28)30(22)21-11-5-2-6-12-21/h1-18H/i1D,3D,4D,9D,10D. The van der Waals surface area contributed by atoms with Gasteiger partial charge in [0.05, 0.1) is 0 Å². The molecule has 0 fully saturated rings. The van der Waals surface area contributed by atoms with Gasteiger partial charge >= 0.3 is 195 Å². The number of nitrogens with zero attached hydrogens (tertiary/aromatic N) is 3. The average molecular weight is 467 g/mol. The molecular formula is C26H18BN3Se. The summed E-state index contributed by atoms with van der Waals surface area (Å²) in [6.45, 7) is -0.0466. The van der Waals surface area contributed by atoms with E-state index in [1.54, 1.807) is 0 Å². The van der Waals surface area contributed by atoms with Crippen LogP contribution < -0.4 is 19.4 Å². The topological polar surface area (TPSA) is 13.1 Å². The van der Waals surface area contributed by atoms with Crippen LogP contribution in [0.15, 0.2) is 109 Å². The van der Waals surface area contributed by atoms with E-state index in [0.29, 0.717) is 5.56 Å². The summed E-state index contributed by atoms with van der Waals surface area (Å²) in [5.41, 5.74) is 4.03. The number of fused-ring (bicyclic) bond motifs is 4. The van der Waals surface area contributed by atoms with E-state index < -0.39 is 0 Å². The van der Waals surface area contributed by atoms with E-state index in [0.717, 1.165) is 21.7 Å². The van der Waals surface area contributed by atoms with Gasteiger partial charge in [0.2, 0.25) is 0 Å². The van der Waals surface area contributed by atoms with Gasteiger partial charge in [-0.1, -0.05) is 0 Å². The van der Waals surface area contributed by atoms with Crippen LogP contribution in [0, 0.1) is 0 Å². The van der Waals surface area contributed by atoms with Crippen LogP contribution in [-0.4, -0.2) is 30.9 Å². The van der Waals surface area contributed by atoms with Crippen LogP contribution >= 0.6 is 0 Å². The summed E-state index contributed by atoms with van der Waals surface area (Å²) >= 11 is -0.0135. The second-order valence-corrected chi connectivity index (χ2v) is 9.81. The van der Waals surface area contributed by atoms with Crippen LogP contribution in [0.4, 0.5) is 17.2 Å². The number of aromatic nitrogens is 2. The van der Waals surface area contributed by atoms with Gasteiger partial charge in [-0.25, -0.2) is 0 Å². The molecule has 3 aromatic carbocycles. The summed E-state index contributed by atoms with van der Waals surface area (Å²) < 4.78 is 48.7. The van der Waals surface area contributed by atoms with Crippen LogP contribution in [0.5, 0.6) is 0 Å². The molecule has 0 radical (unpaired) electrons. The van der Waals surface area contributed by atoms with Crippen molar-refractivity contribution < 1.29 is 6.85 Å². The van der Waals surface area contributed by atoms with E-state index in [2.05, 4.69) is 62.6 Å². The van der Waals surface area contributed by atoms with Crippen molar-refractivity contribution in [1.82, 2.24) is 8.96 Å². The van der Waals surface area contributed by atoms with Gasteiger partial charge in [0.25, 0.3) is 0 Å². The van der Waals surface area contributed by atoms with Crippen molar-refractivity contribution >= 4 is 53.6 Å². The molecule has 31 heavy (non-hydrogen) atoms. The molecule has 0 amide bonds. The Labute approximate surface area is 194 Å². The summed E-state index contributed by atoms with van der Waals surface area (Å²) in [5, 5.41) is 0. The summed E-state index contributed by atoms with van der Waals surface area (Å²) in [4.78, 5) is 2.21. The molecule has 0 spiro atoms. The van der Waals surface area contributed by atoms with Crippen molar-refractivity contribution in [3.8, 4) is 11.1 Å². The zero-order valence-corrected chi connectivity index (χ0v) is 18.0. The van der Waals surface area contributed by atoms with E-state index in [-0.39, 0.29) is 57.7 Å². The third-order valence-corrected chi connectivity index (χ3v) is 8.23. The number of anilines is 3. The maximum absolute atomic E-state index is 8.60. The van der Waals surface area contributed by atoms with E-state index >= 15 is 0 Å². The molecule has 5 heteroatoms. The quantitative estimate of drug-likeness (QED) is 0.355. The fourth-order valence-electron chi connectivity index (χ4n) is 4.62. The molecule has 3 nitrogen and oxygen atoms in total. The molecule has 7 rings (SSSR count). The Bertz CT molecular complexity index is 1670. The van der Waals surface area contributed by atoms with Crippen LogP contribution in [0.25, 0.3) is 11.1 Å². The van der Waals surface area contributed by atoms with E-state index in [9.17, 15) is 0 Å². The SMILES string of the molecule is [2H]c1c([2H])c([2H])c(-c2cc3c4c(c2)N(c2ccccc2)c2cccn2B4n2cccc2[Se]3)c([2H])c1[2H]. The zero-order chi connectivity index (χ0) is 24.7. The van der Waals surface area contributed by atoms with Crippen molar-refractivity contribution in [1.29, 1.82) is 0 Å². The Kier molecular flexibility index (Phi) is 2.77. The van der Waals surface area contributed by atoms with Gasteiger partial charge in [-0.2, -0.15) is 0 Å². The molecule has 0 saturated heterocycles. The van der Waals surface area contributed by atoms with Crippen LogP contribution in [0.1, 0.15) is 6.85 Å². The van der Waals surface area contributed by atoms with Crippen LogP contribution in [-0.2, 0) is 0 Å². The number of para-hydroxylation sites is 1. The van der Waals surface area contributed by atoms with Gasteiger partial charge in [-0.15, -0.1) is 0 Å². The Morgan fingerprint density at radius 3 is 2.45 bits per heavy atom. The van der Waals surface area contributed by atoms with Crippen molar-refractivity contribution in [2.45, 2.75) is 0 Å². The van der Waals surface area contributed by atoms with E-state index in [1.807, 2.05) is 30.3 Å². The maximum atomic E-state index is 8.60. The van der Waals surface area contributed by atoms with Crippen molar-refractivity contribution in [3.05, 3.63) is 109 Å². The number of rotatable bonds is 2. The van der Waals surface area contributed by atoms with Gasteiger partial charge in [-0.05, 0) is 0 Å². The second-order valence-electron chi connectivity index (χ2n) is 7.58. The Hall–Kier alpha value is -3.40. The molecule has 0 atom stereocenters. The number of hydrogen-bond acceptors (Lipinski definition) is 1. The summed E-state index contributed by atoms with van der Waals surface area (Å²) in [6, 6.07) is 21.2. The first-order chi connectivity index (χ1) is 17.5. The summed E-state index contributed by atoms with van der Waals surface area (Å²) in [5.74, 6) is 1.01. The number of benzene rings is 3. The molecule has 0 N–H and O–H groups in total. The third-order valence-electron chi connectivity index (χ3n) is 5.89. The molecule has 0 aliphatic carbocycles. The Balaban J connectivity index is 1.57. The van der Waals surface area contributed by atoms with Gasteiger partial charge < -0.3 is 0 Å². The van der Waals surface area contributed by atoms with Crippen LogP contribution in [0.2, 0.25) is 0 Å². The molecule has 2 aliphatic heterocycles. The minimum atomic E-state index is -0.376. The molecule has 0 bridgehead atoms. The monoisotopic (exact) mass is 468 g/mol. The van der Waals surface area contributed by atoms with Gasteiger partial charge in [-0.3, -0.25) is 0 Å². The Morgan fingerprint density at radius 2 is 1.58 bits per heavy atom. The number of hydrogen-bond donors (Lipinski definition) is 0. The molecule has 146 valence electrons. The molecule has 0 unspecified atom stereocenters. The van der Waals surface area contributed by atoms with Gasteiger partial charge in [0.1, 0.15) is 0 Å². The first kappa shape index (κ1) is 13.1. The van der Waals surface area contributed by atoms with Crippen molar-refractivity contribution in [3.63, 3.8) is 0 Å². The van der Waals surface area contributed by atoms with Gasteiger partial charge in [0, 0.05) is 0 Å². The minimum absolute atomic E-state index is 0.0135. The molecule has 4 heterocycles. The van der Waals surface area contributed by atoms with E-state index in [1.165, 1.54) is 10.1 Å². The van der Waals surface area contributed by atoms with E-state index in [4.69, 9.17) is 6.85 Å². The predicted octanol–water partition coefficient (Wildman–Crippen LogP) is 3.50. The fourth-order valence-corrected chi connectivity index (χ4v) is 7.02. The Morgan fingerprint density at radius 1 is 0.774 bits per heavy atom. The predicted molar refractivity (Wildman–Crippen MR) is 130 cm³/mol. The normalized spacial score (nSPS) is 15.8. The van der Waals surface area contributed by atoms with Crippen LogP contribution in [0.3, 0.4) is 0 Å².